The molecule has 0 radical (unpaired) electrons. The van der Waals surface area contributed by atoms with E-state index in [1.807, 2.05) is 6.92 Å². The zero-order valence-electron chi connectivity index (χ0n) is 6.70. The Hall–Kier alpha value is -0.520. The minimum Gasteiger partial charge on any atom is -0.0998 e. The topological polar surface area (TPSA) is 0 Å². The zero-order valence-corrected chi connectivity index (χ0v) is 6.70. The number of hydrogen-bond donors (Lipinski definition) is 0. The molecular formula is C9H16. The Balaban J connectivity index is 3.64. The minimum absolute atomic E-state index is 0.599. The van der Waals surface area contributed by atoms with Crippen molar-refractivity contribution in [2.45, 2.75) is 27.2 Å². The average Bonchev–Trinajstić information content (AvgIpc) is 1.63. The molecule has 0 N–H and O–H groups in total. The monoisotopic (exact) mass is 124 g/mol. The second-order valence-electron chi connectivity index (χ2n) is 2.95. The van der Waals surface area contributed by atoms with Gasteiger partial charge in [0.25, 0.3) is 0 Å². The summed E-state index contributed by atoms with van der Waals surface area (Å²) in [6.45, 7) is 14.1. The van der Waals surface area contributed by atoms with E-state index < -0.39 is 0 Å². The van der Waals surface area contributed by atoms with Gasteiger partial charge in [-0.1, -0.05) is 38.2 Å². The number of allylic oxidation sites excluding steroid dienone is 2. The van der Waals surface area contributed by atoms with Crippen LogP contribution in [0.5, 0.6) is 0 Å². The van der Waals surface area contributed by atoms with Gasteiger partial charge in [-0.15, -0.1) is 0 Å². The molecule has 0 aromatic heterocycles. The largest absolute Gasteiger partial charge is 0.0998 e. The van der Waals surface area contributed by atoms with Gasteiger partial charge in [-0.25, -0.2) is 0 Å². The third kappa shape index (κ3) is 4.01. The molecule has 0 rings (SSSR count). The molecule has 0 atom stereocenters. The maximum absolute atomic E-state index is 3.93. The summed E-state index contributed by atoms with van der Waals surface area (Å²) in [5.41, 5.74) is 2.48. The molecule has 0 spiro atoms. The molecule has 0 fully saturated rings. The van der Waals surface area contributed by atoms with Crippen molar-refractivity contribution < 1.29 is 0 Å². The molecule has 0 heteroatoms. The first-order valence-electron chi connectivity index (χ1n) is 3.36. The number of hydrogen-bond acceptors (Lipinski definition) is 0. The maximum Gasteiger partial charge on any atom is -0.0114 e. The van der Waals surface area contributed by atoms with E-state index in [9.17, 15) is 0 Å². The highest BCUT2D eigenvalue weighted by Gasteiger charge is 1.98. The fourth-order valence-electron chi connectivity index (χ4n) is 0.592. The van der Waals surface area contributed by atoms with Crippen LogP contribution < -0.4 is 0 Å². The summed E-state index contributed by atoms with van der Waals surface area (Å²) < 4.78 is 0. The first-order chi connectivity index (χ1) is 4.04. The van der Waals surface area contributed by atoms with Crippen molar-refractivity contribution in [3.05, 3.63) is 24.3 Å². The highest BCUT2D eigenvalue weighted by molar-refractivity contribution is 5.08. The molecule has 0 unspecified atom stereocenters. The molecule has 0 saturated carbocycles. The Morgan fingerprint density at radius 2 is 1.78 bits per heavy atom. The van der Waals surface area contributed by atoms with Gasteiger partial charge >= 0.3 is 0 Å². The van der Waals surface area contributed by atoms with Crippen LogP contribution in [0.1, 0.15) is 27.2 Å². The van der Waals surface area contributed by atoms with Crippen LogP contribution in [0.4, 0.5) is 0 Å². The maximum atomic E-state index is 3.93. The van der Waals surface area contributed by atoms with Crippen molar-refractivity contribution in [2.24, 2.45) is 5.92 Å². The van der Waals surface area contributed by atoms with Crippen molar-refractivity contribution in [3.8, 4) is 0 Å². The fourth-order valence-corrected chi connectivity index (χ4v) is 0.592. The summed E-state index contributed by atoms with van der Waals surface area (Å²) in [5, 5.41) is 0. The second-order valence-corrected chi connectivity index (χ2v) is 2.95. The van der Waals surface area contributed by atoms with Crippen molar-refractivity contribution in [2.75, 3.05) is 0 Å². The zero-order chi connectivity index (χ0) is 7.44. The minimum atomic E-state index is 0.599. The highest BCUT2D eigenvalue weighted by Crippen LogP contribution is 2.14. The van der Waals surface area contributed by atoms with Crippen LogP contribution in [0.2, 0.25) is 0 Å². The molecule has 0 aromatic rings. The lowest BCUT2D eigenvalue weighted by Gasteiger charge is -2.07. The lowest BCUT2D eigenvalue weighted by molar-refractivity contribution is 0.743. The molecule has 0 heterocycles. The van der Waals surface area contributed by atoms with Crippen LogP contribution in [0.3, 0.4) is 0 Å². The summed E-state index contributed by atoms with van der Waals surface area (Å²) in [4.78, 5) is 0. The van der Waals surface area contributed by atoms with Gasteiger partial charge in [-0.3, -0.25) is 0 Å². The quantitative estimate of drug-likeness (QED) is 0.507. The highest BCUT2D eigenvalue weighted by atomic mass is 14.0. The standard InChI is InChI=1S/C9H16/c1-7(2)6-9(5)8(3)4/h8H,1,5-6H2,2-4H3. The summed E-state index contributed by atoms with van der Waals surface area (Å²) in [7, 11) is 0. The predicted molar refractivity (Wildman–Crippen MR) is 43.4 cm³/mol. The van der Waals surface area contributed by atoms with Crippen molar-refractivity contribution >= 4 is 0 Å². The summed E-state index contributed by atoms with van der Waals surface area (Å²) >= 11 is 0. The van der Waals surface area contributed by atoms with Crippen molar-refractivity contribution in [1.29, 1.82) is 0 Å². The second kappa shape index (κ2) is 3.49. The molecule has 0 aromatic carbocycles. The SMILES string of the molecule is C=C(C)CC(=C)C(C)C. The van der Waals surface area contributed by atoms with Gasteiger partial charge in [0.15, 0.2) is 0 Å². The van der Waals surface area contributed by atoms with Gasteiger partial charge < -0.3 is 0 Å². The van der Waals surface area contributed by atoms with Crippen LogP contribution in [0.25, 0.3) is 0 Å². The van der Waals surface area contributed by atoms with Gasteiger partial charge in [-0.2, -0.15) is 0 Å². The van der Waals surface area contributed by atoms with Crippen LogP contribution in [0, 0.1) is 5.92 Å². The lowest BCUT2D eigenvalue weighted by atomic mass is 9.99. The van der Waals surface area contributed by atoms with E-state index in [0.717, 1.165) is 6.42 Å². The predicted octanol–water partition coefficient (Wildman–Crippen LogP) is 3.16. The van der Waals surface area contributed by atoms with E-state index in [4.69, 9.17) is 0 Å². The Morgan fingerprint density at radius 1 is 1.33 bits per heavy atom. The Morgan fingerprint density at radius 3 is 1.89 bits per heavy atom. The van der Waals surface area contributed by atoms with E-state index in [1.54, 1.807) is 0 Å². The molecule has 0 amide bonds. The smallest absolute Gasteiger partial charge is 0.0114 e. The van der Waals surface area contributed by atoms with Gasteiger partial charge in [0.1, 0.15) is 0 Å². The first-order valence-corrected chi connectivity index (χ1v) is 3.36. The van der Waals surface area contributed by atoms with Crippen molar-refractivity contribution in [3.63, 3.8) is 0 Å². The fraction of sp³-hybridized carbons (Fsp3) is 0.556. The molecule has 0 aliphatic rings. The van der Waals surface area contributed by atoms with E-state index in [0.29, 0.717) is 5.92 Å². The summed E-state index contributed by atoms with van der Waals surface area (Å²) in [6, 6.07) is 0. The Labute approximate surface area is 58.3 Å². The molecular weight excluding hydrogens is 108 g/mol. The molecule has 52 valence electrons. The Kier molecular flexibility index (Phi) is 3.29. The van der Waals surface area contributed by atoms with Crippen LogP contribution >= 0.6 is 0 Å². The van der Waals surface area contributed by atoms with E-state index >= 15 is 0 Å². The van der Waals surface area contributed by atoms with Gasteiger partial charge in [-0.05, 0) is 19.3 Å². The van der Waals surface area contributed by atoms with E-state index in [2.05, 4.69) is 27.0 Å². The molecule has 0 saturated heterocycles. The lowest BCUT2D eigenvalue weighted by Crippen LogP contribution is -1.91. The Bertz CT molecular complexity index is 118. The van der Waals surface area contributed by atoms with Crippen molar-refractivity contribution in [1.82, 2.24) is 0 Å². The van der Waals surface area contributed by atoms with Crippen LogP contribution in [0.15, 0.2) is 24.3 Å². The molecule has 0 aliphatic carbocycles. The van der Waals surface area contributed by atoms with E-state index in [-0.39, 0.29) is 0 Å². The molecule has 0 bridgehead atoms. The number of rotatable bonds is 3. The van der Waals surface area contributed by atoms with Crippen LogP contribution in [-0.2, 0) is 0 Å². The summed E-state index contributed by atoms with van der Waals surface area (Å²) in [5.74, 6) is 0.599. The third-order valence-electron chi connectivity index (χ3n) is 1.35. The van der Waals surface area contributed by atoms with Crippen LogP contribution in [-0.4, -0.2) is 0 Å². The normalized spacial score (nSPS) is 9.78. The summed E-state index contributed by atoms with van der Waals surface area (Å²) in [6.07, 6.45) is 0.984. The average molecular weight is 124 g/mol. The molecule has 9 heavy (non-hydrogen) atoms. The first kappa shape index (κ1) is 8.48. The molecule has 0 nitrogen and oxygen atoms in total. The third-order valence-corrected chi connectivity index (χ3v) is 1.35. The van der Waals surface area contributed by atoms with Gasteiger partial charge in [0.05, 0.1) is 0 Å². The van der Waals surface area contributed by atoms with Gasteiger partial charge in [0, 0.05) is 0 Å². The van der Waals surface area contributed by atoms with Gasteiger partial charge in [0.2, 0.25) is 0 Å². The molecule has 0 aliphatic heterocycles. The van der Waals surface area contributed by atoms with E-state index in [1.165, 1.54) is 11.1 Å².